The van der Waals surface area contributed by atoms with Gasteiger partial charge in [0.25, 0.3) is 21.3 Å². The van der Waals surface area contributed by atoms with Crippen LogP contribution in [0.2, 0.25) is 0 Å². The van der Waals surface area contributed by atoms with E-state index in [1.54, 1.807) is 0 Å². The number of hydrogen-bond donors (Lipinski definition) is 0. The lowest BCUT2D eigenvalue weighted by molar-refractivity contribution is -0.393. The summed E-state index contributed by atoms with van der Waals surface area (Å²) >= 11 is 2.95. The number of nitro benzene ring substituents is 3. The standard InChI is InChI=1S/C20H10N3O6S2/c24-21(25)10-5-6-12-13(7-10)19(20-30-16-3-1-2-4-17(16)31-20)14-8-11(22(26)27)9-15(18(12)14)23(28)29/h1-9,19H/q+1. The third kappa shape index (κ3) is 2.94. The Bertz CT molecular complexity index is 1420. The normalized spacial score (nSPS) is 14.3. The highest BCUT2D eigenvalue weighted by Gasteiger charge is 2.43. The predicted octanol–water partition coefficient (Wildman–Crippen LogP) is 6.13. The molecule has 5 rings (SSSR count). The van der Waals surface area contributed by atoms with Crippen LogP contribution in [-0.4, -0.2) is 14.8 Å². The van der Waals surface area contributed by atoms with Gasteiger partial charge >= 0.3 is 0 Å². The van der Waals surface area contributed by atoms with E-state index in [9.17, 15) is 30.3 Å². The molecule has 0 bridgehead atoms. The van der Waals surface area contributed by atoms with E-state index < -0.39 is 20.7 Å². The van der Waals surface area contributed by atoms with Crippen LogP contribution in [-0.2, 0) is 0 Å². The van der Waals surface area contributed by atoms with Crippen molar-refractivity contribution in [2.75, 3.05) is 0 Å². The van der Waals surface area contributed by atoms with Gasteiger partial charge in [-0.15, -0.1) is 0 Å². The summed E-state index contributed by atoms with van der Waals surface area (Å²) in [6.45, 7) is 0. The van der Waals surface area contributed by atoms with Gasteiger partial charge in [0.2, 0.25) is 0 Å². The fourth-order valence-electron chi connectivity index (χ4n) is 3.93. The Morgan fingerprint density at radius 2 is 1.52 bits per heavy atom. The van der Waals surface area contributed by atoms with Crippen LogP contribution in [0.3, 0.4) is 0 Å². The SMILES string of the molecule is O=[N+]([O-])c1ccc2c(c1)C(c1sc3ccccc3[s+]1)c1cc([N+](=O)[O-])cc([N+](=O)[O-])c1-2. The second-order valence-electron chi connectivity index (χ2n) is 6.87. The van der Waals surface area contributed by atoms with Crippen molar-refractivity contribution in [3.63, 3.8) is 0 Å². The molecule has 31 heavy (non-hydrogen) atoms. The maximum Gasteiger partial charge on any atom is 0.284 e. The minimum Gasteiger partial charge on any atom is -0.258 e. The average molecular weight is 452 g/mol. The Balaban J connectivity index is 1.86. The van der Waals surface area contributed by atoms with Crippen molar-refractivity contribution in [1.29, 1.82) is 0 Å². The van der Waals surface area contributed by atoms with Gasteiger partial charge in [0.05, 0.1) is 55.0 Å². The number of nitrogens with zero attached hydrogens (tertiary/aromatic N) is 3. The molecule has 1 aromatic heterocycles. The first-order valence-corrected chi connectivity index (χ1v) is 10.6. The van der Waals surface area contributed by atoms with Crippen LogP contribution in [0.4, 0.5) is 17.1 Å². The van der Waals surface area contributed by atoms with Gasteiger partial charge in [0.15, 0.2) is 9.40 Å². The number of hydrogen-bond acceptors (Lipinski definition) is 7. The number of rotatable bonds is 4. The molecule has 0 radical (unpaired) electrons. The molecule has 11 heteroatoms. The summed E-state index contributed by atoms with van der Waals surface area (Å²) in [6, 6.07) is 14.2. The first-order valence-electron chi connectivity index (χ1n) is 8.92. The van der Waals surface area contributed by atoms with E-state index in [2.05, 4.69) is 0 Å². The monoisotopic (exact) mass is 452 g/mol. The van der Waals surface area contributed by atoms with Gasteiger partial charge in [-0.3, -0.25) is 30.3 Å². The Kier molecular flexibility index (Phi) is 4.24. The molecule has 152 valence electrons. The molecule has 1 atom stereocenters. The van der Waals surface area contributed by atoms with Gasteiger partial charge in [-0.1, -0.05) is 12.1 Å². The van der Waals surface area contributed by atoms with Crippen molar-refractivity contribution in [2.45, 2.75) is 5.92 Å². The maximum atomic E-state index is 11.8. The van der Waals surface area contributed by atoms with Crippen LogP contribution in [0.1, 0.15) is 21.2 Å². The van der Waals surface area contributed by atoms with E-state index in [0.29, 0.717) is 16.7 Å². The first kappa shape index (κ1) is 19.2. The fourth-order valence-corrected chi connectivity index (χ4v) is 6.69. The number of non-ortho nitro benzene ring substituents is 2. The van der Waals surface area contributed by atoms with E-state index in [4.69, 9.17) is 0 Å². The quantitative estimate of drug-likeness (QED) is 0.183. The second kappa shape index (κ2) is 6.86. The van der Waals surface area contributed by atoms with Crippen LogP contribution >= 0.6 is 22.7 Å². The highest BCUT2D eigenvalue weighted by atomic mass is 32.2. The zero-order valence-electron chi connectivity index (χ0n) is 15.4. The minimum absolute atomic E-state index is 0.139. The number of benzene rings is 3. The van der Waals surface area contributed by atoms with E-state index >= 15 is 0 Å². The number of fused-ring (bicyclic) bond motifs is 4. The molecule has 0 N–H and O–H groups in total. The van der Waals surface area contributed by atoms with Gasteiger partial charge in [-0.05, 0) is 34.9 Å². The zero-order valence-corrected chi connectivity index (χ0v) is 17.0. The fraction of sp³-hybridized carbons (Fsp3) is 0.0500. The summed E-state index contributed by atoms with van der Waals surface area (Å²) < 4.78 is 2.85. The van der Waals surface area contributed by atoms with Crippen molar-refractivity contribution in [2.24, 2.45) is 0 Å². The summed E-state index contributed by atoms with van der Waals surface area (Å²) in [7, 11) is 0. The maximum absolute atomic E-state index is 11.8. The summed E-state index contributed by atoms with van der Waals surface area (Å²) in [5, 5.41) is 34.6. The van der Waals surface area contributed by atoms with Gasteiger partial charge in [-0.25, -0.2) is 0 Å². The third-order valence-electron chi connectivity index (χ3n) is 5.18. The van der Waals surface area contributed by atoms with Crippen molar-refractivity contribution in [3.8, 4) is 11.1 Å². The second-order valence-corrected chi connectivity index (χ2v) is 9.30. The zero-order chi connectivity index (χ0) is 21.9. The van der Waals surface area contributed by atoms with Crippen LogP contribution in [0.15, 0.2) is 54.6 Å². The summed E-state index contributed by atoms with van der Waals surface area (Å²) in [6.07, 6.45) is 0. The molecule has 0 spiro atoms. The largest absolute Gasteiger partial charge is 0.284 e. The molecule has 0 amide bonds. The van der Waals surface area contributed by atoms with Gasteiger partial charge in [-0.2, -0.15) is 0 Å². The molecular formula is C20H10N3O6S2+. The molecule has 1 unspecified atom stereocenters. The minimum atomic E-state index is -0.663. The van der Waals surface area contributed by atoms with Crippen LogP contribution in [0.25, 0.3) is 20.5 Å². The van der Waals surface area contributed by atoms with Crippen molar-refractivity contribution < 1.29 is 14.8 Å². The molecule has 3 aromatic carbocycles. The molecule has 0 fully saturated rings. The average Bonchev–Trinajstić information content (AvgIpc) is 3.30. The van der Waals surface area contributed by atoms with Crippen LogP contribution in [0, 0.1) is 30.3 Å². The highest BCUT2D eigenvalue weighted by molar-refractivity contribution is 7.39. The molecular weight excluding hydrogens is 442 g/mol. The Labute approximate surface area is 181 Å². The summed E-state index contributed by atoms with van der Waals surface area (Å²) in [4.78, 5) is 32.8. The third-order valence-corrected chi connectivity index (χ3v) is 7.84. The lowest BCUT2D eigenvalue weighted by Crippen LogP contribution is -2.00. The van der Waals surface area contributed by atoms with Gasteiger partial charge < -0.3 is 0 Å². The van der Waals surface area contributed by atoms with Crippen LogP contribution in [0.5, 0.6) is 0 Å². The molecule has 0 saturated heterocycles. The van der Waals surface area contributed by atoms with Crippen molar-refractivity contribution in [3.05, 3.63) is 100 Å². The highest BCUT2D eigenvalue weighted by Crippen LogP contribution is 2.56. The van der Waals surface area contributed by atoms with Crippen molar-refractivity contribution in [1.82, 2.24) is 0 Å². The van der Waals surface area contributed by atoms with E-state index in [1.165, 1.54) is 46.9 Å². The van der Waals surface area contributed by atoms with E-state index in [0.717, 1.165) is 19.7 Å². The Morgan fingerprint density at radius 1 is 0.806 bits per heavy atom. The molecule has 0 aliphatic heterocycles. The van der Waals surface area contributed by atoms with Gasteiger partial charge in [0.1, 0.15) is 0 Å². The molecule has 1 aliphatic carbocycles. The smallest absolute Gasteiger partial charge is 0.258 e. The van der Waals surface area contributed by atoms with E-state index in [1.807, 2.05) is 24.3 Å². The van der Waals surface area contributed by atoms with E-state index in [-0.39, 0.29) is 22.6 Å². The lowest BCUT2D eigenvalue weighted by atomic mass is 9.98. The Hall–Kier alpha value is -3.83. The molecule has 9 nitrogen and oxygen atoms in total. The lowest BCUT2D eigenvalue weighted by Gasteiger charge is -2.06. The summed E-state index contributed by atoms with van der Waals surface area (Å²) in [5.74, 6) is -0.564. The topological polar surface area (TPSA) is 129 Å². The van der Waals surface area contributed by atoms with Crippen LogP contribution < -0.4 is 0 Å². The predicted molar refractivity (Wildman–Crippen MR) is 117 cm³/mol. The summed E-state index contributed by atoms with van der Waals surface area (Å²) in [5.41, 5.74) is 0.804. The molecule has 1 aliphatic rings. The number of nitro groups is 3. The molecule has 0 saturated carbocycles. The first-order chi connectivity index (χ1) is 14.8. The van der Waals surface area contributed by atoms with Crippen molar-refractivity contribution >= 4 is 49.1 Å². The van der Waals surface area contributed by atoms with Gasteiger partial charge in [0, 0.05) is 18.2 Å². The molecule has 1 heterocycles. The molecule has 4 aromatic rings. The Morgan fingerprint density at radius 3 is 2.19 bits per heavy atom.